The molecule has 5 nitrogen and oxygen atoms in total. The number of nitrogens with zero attached hydrogens (tertiary/aromatic N) is 1. The van der Waals surface area contributed by atoms with Crippen LogP contribution in [-0.4, -0.2) is 36.9 Å². The SMILES string of the molecule is COc1ccccc1CNC(=O)C1CCN(C(=O)Cc2ccc(F)cc2)CC1. The number of amides is 2. The number of halogens is 1. The molecule has 0 aromatic heterocycles. The molecule has 148 valence electrons. The summed E-state index contributed by atoms with van der Waals surface area (Å²) < 4.78 is 18.3. The number of ether oxygens (including phenoxy) is 1. The molecule has 2 aromatic rings. The van der Waals surface area contributed by atoms with Gasteiger partial charge in [0.2, 0.25) is 11.8 Å². The van der Waals surface area contributed by atoms with Crippen molar-refractivity contribution in [3.63, 3.8) is 0 Å². The topological polar surface area (TPSA) is 58.6 Å². The predicted octanol–water partition coefficient (Wildman–Crippen LogP) is 2.93. The fourth-order valence-electron chi connectivity index (χ4n) is 3.46. The minimum absolute atomic E-state index is 0.0107. The van der Waals surface area contributed by atoms with Gasteiger partial charge in [-0.1, -0.05) is 30.3 Å². The zero-order chi connectivity index (χ0) is 19.9. The molecule has 0 spiro atoms. The number of benzene rings is 2. The Hall–Kier alpha value is -2.89. The first-order valence-electron chi connectivity index (χ1n) is 9.48. The van der Waals surface area contributed by atoms with Crippen molar-refractivity contribution in [2.45, 2.75) is 25.8 Å². The van der Waals surface area contributed by atoms with Crippen LogP contribution in [0.3, 0.4) is 0 Å². The number of nitrogens with one attached hydrogen (secondary N) is 1. The molecule has 2 amide bonds. The van der Waals surface area contributed by atoms with Gasteiger partial charge in [-0.05, 0) is 36.6 Å². The van der Waals surface area contributed by atoms with E-state index in [0.29, 0.717) is 32.5 Å². The van der Waals surface area contributed by atoms with Crippen LogP contribution in [0.5, 0.6) is 5.75 Å². The van der Waals surface area contributed by atoms with E-state index < -0.39 is 0 Å². The second-order valence-corrected chi connectivity index (χ2v) is 6.99. The highest BCUT2D eigenvalue weighted by Crippen LogP contribution is 2.20. The fraction of sp³-hybridized carbons (Fsp3) is 0.364. The van der Waals surface area contributed by atoms with E-state index in [1.165, 1.54) is 12.1 Å². The quantitative estimate of drug-likeness (QED) is 0.833. The van der Waals surface area contributed by atoms with Gasteiger partial charge in [-0.25, -0.2) is 4.39 Å². The average Bonchev–Trinajstić information content (AvgIpc) is 2.74. The van der Waals surface area contributed by atoms with Crippen molar-refractivity contribution in [3.05, 3.63) is 65.5 Å². The van der Waals surface area contributed by atoms with Crippen LogP contribution >= 0.6 is 0 Å². The molecule has 1 fully saturated rings. The highest BCUT2D eigenvalue weighted by molar-refractivity contribution is 5.81. The summed E-state index contributed by atoms with van der Waals surface area (Å²) in [4.78, 5) is 26.7. The Morgan fingerprint density at radius 3 is 2.46 bits per heavy atom. The number of rotatable bonds is 6. The van der Waals surface area contributed by atoms with E-state index in [2.05, 4.69) is 5.32 Å². The second kappa shape index (κ2) is 9.35. The molecule has 3 rings (SSSR count). The normalized spacial score (nSPS) is 14.6. The van der Waals surface area contributed by atoms with Gasteiger partial charge >= 0.3 is 0 Å². The summed E-state index contributed by atoms with van der Waals surface area (Å²) in [6.45, 7) is 1.55. The Balaban J connectivity index is 1.45. The largest absolute Gasteiger partial charge is 0.496 e. The zero-order valence-electron chi connectivity index (χ0n) is 16.0. The van der Waals surface area contributed by atoms with Crippen LogP contribution < -0.4 is 10.1 Å². The fourth-order valence-corrected chi connectivity index (χ4v) is 3.46. The molecule has 1 aliphatic rings. The Labute approximate surface area is 164 Å². The lowest BCUT2D eigenvalue weighted by molar-refractivity contribution is -0.135. The van der Waals surface area contributed by atoms with Crippen molar-refractivity contribution in [1.29, 1.82) is 0 Å². The van der Waals surface area contributed by atoms with Crippen LogP contribution in [0.15, 0.2) is 48.5 Å². The van der Waals surface area contributed by atoms with Gasteiger partial charge in [0.1, 0.15) is 11.6 Å². The van der Waals surface area contributed by atoms with Crippen LogP contribution in [-0.2, 0) is 22.6 Å². The Kier molecular flexibility index (Phi) is 6.63. The third-order valence-electron chi connectivity index (χ3n) is 5.13. The maximum atomic E-state index is 13.0. The van der Waals surface area contributed by atoms with Crippen LogP contribution in [0.1, 0.15) is 24.0 Å². The first-order chi connectivity index (χ1) is 13.6. The average molecular weight is 384 g/mol. The van der Waals surface area contributed by atoms with Crippen LogP contribution in [0, 0.1) is 11.7 Å². The van der Waals surface area contributed by atoms with E-state index in [1.807, 2.05) is 24.3 Å². The number of carbonyl (C=O) groups excluding carboxylic acids is 2. The number of carbonyl (C=O) groups is 2. The molecule has 0 unspecified atom stereocenters. The van der Waals surface area contributed by atoms with E-state index in [9.17, 15) is 14.0 Å². The Morgan fingerprint density at radius 2 is 1.79 bits per heavy atom. The summed E-state index contributed by atoms with van der Waals surface area (Å²) in [6, 6.07) is 13.6. The van der Waals surface area contributed by atoms with Crippen LogP contribution in [0.2, 0.25) is 0 Å². The maximum absolute atomic E-state index is 13.0. The predicted molar refractivity (Wildman–Crippen MR) is 104 cm³/mol. The Bertz CT molecular complexity index is 815. The molecule has 1 aliphatic heterocycles. The number of methoxy groups -OCH3 is 1. The lowest BCUT2D eigenvalue weighted by atomic mass is 9.95. The van der Waals surface area contributed by atoms with Gasteiger partial charge in [-0.15, -0.1) is 0 Å². The van der Waals surface area contributed by atoms with Gasteiger partial charge in [0.15, 0.2) is 0 Å². The van der Waals surface area contributed by atoms with Gasteiger partial charge in [-0.3, -0.25) is 9.59 Å². The van der Waals surface area contributed by atoms with Crippen molar-refractivity contribution in [1.82, 2.24) is 10.2 Å². The molecule has 1 saturated heterocycles. The Morgan fingerprint density at radius 1 is 1.11 bits per heavy atom. The standard InChI is InChI=1S/C22H25FN2O3/c1-28-20-5-3-2-4-18(20)15-24-22(27)17-10-12-25(13-11-17)21(26)14-16-6-8-19(23)9-7-16/h2-9,17H,10-15H2,1H3,(H,24,27). The first kappa shape index (κ1) is 19.9. The molecule has 1 heterocycles. The third-order valence-corrected chi connectivity index (χ3v) is 5.13. The van der Waals surface area contributed by atoms with Crippen molar-refractivity contribution >= 4 is 11.8 Å². The van der Waals surface area contributed by atoms with Gasteiger partial charge < -0.3 is 15.0 Å². The lowest BCUT2D eigenvalue weighted by Crippen LogP contribution is -2.43. The summed E-state index contributed by atoms with van der Waals surface area (Å²) in [5.74, 6) is 0.376. The summed E-state index contributed by atoms with van der Waals surface area (Å²) in [5, 5.41) is 2.97. The molecule has 0 radical (unpaired) electrons. The number of hydrogen-bond acceptors (Lipinski definition) is 3. The summed E-state index contributed by atoms with van der Waals surface area (Å²) >= 11 is 0. The number of likely N-dealkylation sites (tertiary alicyclic amines) is 1. The molecule has 2 aromatic carbocycles. The van der Waals surface area contributed by atoms with Crippen molar-refractivity contribution < 1.29 is 18.7 Å². The van der Waals surface area contributed by atoms with Crippen LogP contribution in [0.4, 0.5) is 4.39 Å². The number of piperidine rings is 1. The van der Waals surface area contributed by atoms with Gasteiger partial charge in [0.05, 0.1) is 13.5 Å². The van der Waals surface area contributed by atoms with Gasteiger partial charge in [0.25, 0.3) is 0 Å². The first-order valence-corrected chi connectivity index (χ1v) is 9.48. The van der Waals surface area contributed by atoms with Gasteiger partial charge in [-0.2, -0.15) is 0 Å². The van der Waals surface area contributed by atoms with E-state index in [-0.39, 0.29) is 30.0 Å². The molecular formula is C22H25FN2O3. The molecular weight excluding hydrogens is 359 g/mol. The molecule has 0 aliphatic carbocycles. The highest BCUT2D eigenvalue weighted by atomic mass is 19.1. The smallest absolute Gasteiger partial charge is 0.226 e. The molecule has 6 heteroatoms. The van der Waals surface area contributed by atoms with Gasteiger partial charge in [0, 0.05) is 31.1 Å². The van der Waals surface area contributed by atoms with E-state index >= 15 is 0 Å². The summed E-state index contributed by atoms with van der Waals surface area (Å²) in [5.41, 5.74) is 1.73. The molecule has 1 N–H and O–H groups in total. The summed E-state index contributed by atoms with van der Waals surface area (Å²) in [6.07, 6.45) is 1.55. The monoisotopic (exact) mass is 384 g/mol. The highest BCUT2D eigenvalue weighted by Gasteiger charge is 2.27. The molecule has 0 bridgehead atoms. The van der Waals surface area contributed by atoms with E-state index in [4.69, 9.17) is 4.74 Å². The molecule has 28 heavy (non-hydrogen) atoms. The van der Waals surface area contributed by atoms with Crippen molar-refractivity contribution in [2.75, 3.05) is 20.2 Å². The minimum atomic E-state index is -0.309. The lowest BCUT2D eigenvalue weighted by Gasteiger charge is -2.31. The summed E-state index contributed by atoms with van der Waals surface area (Å²) in [7, 11) is 1.61. The van der Waals surface area contributed by atoms with Crippen LogP contribution in [0.25, 0.3) is 0 Å². The van der Waals surface area contributed by atoms with E-state index in [0.717, 1.165) is 16.9 Å². The van der Waals surface area contributed by atoms with E-state index in [1.54, 1.807) is 24.1 Å². The number of hydrogen-bond donors (Lipinski definition) is 1. The maximum Gasteiger partial charge on any atom is 0.226 e. The molecule has 0 atom stereocenters. The van der Waals surface area contributed by atoms with Crippen molar-refractivity contribution in [2.24, 2.45) is 5.92 Å². The minimum Gasteiger partial charge on any atom is -0.496 e. The third kappa shape index (κ3) is 5.09. The molecule has 0 saturated carbocycles. The zero-order valence-corrected chi connectivity index (χ0v) is 16.0. The number of para-hydroxylation sites is 1. The second-order valence-electron chi connectivity index (χ2n) is 6.99. The van der Waals surface area contributed by atoms with Crippen molar-refractivity contribution in [3.8, 4) is 5.75 Å².